The van der Waals surface area contributed by atoms with Gasteiger partial charge in [-0.25, -0.2) is 14.2 Å². The van der Waals surface area contributed by atoms with E-state index in [9.17, 15) is 9.18 Å². The van der Waals surface area contributed by atoms with Crippen molar-refractivity contribution in [2.24, 2.45) is 0 Å². The van der Waals surface area contributed by atoms with E-state index in [0.29, 0.717) is 22.8 Å². The van der Waals surface area contributed by atoms with Crippen LogP contribution in [-0.2, 0) is 0 Å². The Bertz CT molecular complexity index is 941. The third-order valence-corrected chi connectivity index (χ3v) is 4.30. The van der Waals surface area contributed by atoms with Crippen molar-refractivity contribution < 1.29 is 9.18 Å². The van der Waals surface area contributed by atoms with E-state index in [4.69, 9.17) is 6.42 Å². The van der Waals surface area contributed by atoms with E-state index in [1.165, 1.54) is 23.5 Å². The van der Waals surface area contributed by atoms with Gasteiger partial charge < -0.3 is 5.32 Å². The predicted molar refractivity (Wildman–Crippen MR) is 95.6 cm³/mol. The molecule has 0 saturated carbocycles. The highest BCUT2D eigenvalue weighted by Gasteiger charge is 2.12. The summed E-state index contributed by atoms with van der Waals surface area (Å²) >= 11 is 1.34. The van der Waals surface area contributed by atoms with Crippen LogP contribution in [0.2, 0.25) is 0 Å². The molecule has 1 heterocycles. The number of amides is 2. The maximum Gasteiger partial charge on any atom is 0.321 e. The molecule has 0 aliphatic rings. The fourth-order valence-corrected chi connectivity index (χ4v) is 3.23. The van der Waals surface area contributed by atoms with E-state index in [1.54, 1.807) is 12.1 Å². The molecule has 0 aliphatic heterocycles. The van der Waals surface area contributed by atoms with Crippen LogP contribution in [0.3, 0.4) is 0 Å². The first-order valence-corrected chi connectivity index (χ1v) is 8.14. The normalized spacial score (nSPS) is 10.4. The van der Waals surface area contributed by atoms with Crippen LogP contribution in [0.1, 0.15) is 12.5 Å². The second-order valence-electron chi connectivity index (χ2n) is 5.03. The molecule has 0 atom stereocenters. The molecule has 3 aromatic rings. The van der Waals surface area contributed by atoms with Gasteiger partial charge in [-0.1, -0.05) is 29.4 Å². The van der Waals surface area contributed by atoms with Gasteiger partial charge in [0.05, 0.1) is 15.8 Å². The summed E-state index contributed by atoms with van der Waals surface area (Å²) in [6, 6.07) is 9.68. The van der Waals surface area contributed by atoms with Gasteiger partial charge in [0.25, 0.3) is 0 Å². The Morgan fingerprint density at radius 2 is 2.04 bits per heavy atom. The summed E-state index contributed by atoms with van der Waals surface area (Å²) in [5.74, 6) is 2.34. The summed E-state index contributed by atoms with van der Waals surface area (Å²) in [7, 11) is 0. The third kappa shape index (κ3) is 3.21. The zero-order valence-electron chi connectivity index (χ0n) is 12.9. The second-order valence-corrected chi connectivity index (χ2v) is 6.06. The SMILES string of the molecule is C#Cc1cc(-c2ccc(F)cc2)cc2sc(NC(=O)NCC)nc12. The molecule has 0 bridgehead atoms. The number of terminal acetylenes is 1. The van der Waals surface area contributed by atoms with Crippen LogP contribution in [0.5, 0.6) is 0 Å². The van der Waals surface area contributed by atoms with Crippen molar-refractivity contribution in [2.45, 2.75) is 6.92 Å². The van der Waals surface area contributed by atoms with Crippen molar-refractivity contribution in [1.29, 1.82) is 0 Å². The van der Waals surface area contributed by atoms with Gasteiger partial charge >= 0.3 is 6.03 Å². The lowest BCUT2D eigenvalue weighted by atomic mass is 10.0. The molecule has 2 N–H and O–H groups in total. The minimum Gasteiger partial charge on any atom is -0.338 e. The van der Waals surface area contributed by atoms with Gasteiger partial charge in [-0.2, -0.15) is 0 Å². The van der Waals surface area contributed by atoms with Crippen LogP contribution < -0.4 is 10.6 Å². The van der Waals surface area contributed by atoms with Crippen LogP contribution in [0.4, 0.5) is 14.3 Å². The zero-order valence-corrected chi connectivity index (χ0v) is 13.7. The number of aromatic nitrogens is 1. The first-order chi connectivity index (χ1) is 11.6. The highest BCUT2D eigenvalue weighted by molar-refractivity contribution is 7.22. The Balaban J connectivity index is 2.04. The van der Waals surface area contributed by atoms with Crippen LogP contribution in [0.15, 0.2) is 36.4 Å². The topological polar surface area (TPSA) is 54.0 Å². The maximum atomic E-state index is 13.1. The van der Waals surface area contributed by atoms with Crippen molar-refractivity contribution in [3.63, 3.8) is 0 Å². The number of carbonyl (C=O) groups excluding carboxylic acids is 1. The summed E-state index contributed by atoms with van der Waals surface area (Å²) in [6.07, 6.45) is 5.60. The molecule has 0 fully saturated rings. The molecule has 4 nitrogen and oxygen atoms in total. The Labute approximate surface area is 142 Å². The lowest BCUT2D eigenvalue weighted by molar-refractivity contribution is 0.252. The molecule has 1 aromatic heterocycles. The van der Waals surface area contributed by atoms with Gasteiger partial charge in [-0.3, -0.25) is 5.32 Å². The molecular weight excluding hydrogens is 325 g/mol. The predicted octanol–water partition coefficient (Wildman–Crippen LogP) is 4.23. The highest BCUT2D eigenvalue weighted by Crippen LogP contribution is 2.33. The molecule has 6 heteroatoms. The minimum absolute atomic E-state index is 0.289. The van der Waals surface area contributed by atoms with Crippen LogP contribution >= 0.6 is 11.3 Å². The Hall–Kier alpha value is -2.91. The van der Waals surface area contributed by atoms with Gasteiger partial charge in [0.2, 0.25) is 0 Å². The monoisotopic (exact) mass is 339 g/mol. The number of nitrogens with zero attached hydrogens (tertiary/aromatic N) is 1. The number of nitrogens with one attached hydrogen (secondary N) is 2. The number of thiazole rings is 1. The lowest BCUT2D eigenvalue weighted by Crippen LogP contribution is -2.28. The first-order valence-electron chi connectivity index (χ1n) is 7.32. The summed E-state index contributed by atoms with van der Waals surface area (Å²) in [4.78, 5) is 16.0. The van der Waals surface area contributed by atoms with Gasteiger partial charge in [0.1, 0.15) is 5.82 Å². The fourth-order valence-electron chi connectivity index (χ4n) is 2.30. The Kier molecular flexibility index (Phi) is 4.45. The van der Waals surface area contributed by atoms with Crippen molar-refractivity contribution in [3.8, 4) is 23.5 Å². The average molecular weight is 339 g/mol. The molecular formula is C18H14FN3OS. The van der Waals surface area contributed by atoms with E-state index in [-0.39, 0.29) is 11.8 Å². The highest BCUT2D eigenvalue weighted by atomic mass is 32.1. The molecule has 0 aliphatic carbocycles. The third-order valence-electron chi connectivity index (χ3n) is 3.39. The summed E-state index contributed by atoms with van der Waals surface area (Å²) in [5.41, 5.74) is 3.04. The van der Waals surface area contributed by atoms with Crippen LogP contribution in [0.25, 0.3) is 21.3 Å². The lowest BCUT2D eigenvalue weighted by Gasteiger charge is -2.03. The Morgan fingerprint density at radius 1 is 1.29 bits per heavy atom. The summed E-state index contributed by atoms with van der Waals surface area (Å²) < 4.78 is 14.0. The number of rotatable bonds is 3. The van der Waals surface area contributed by atoms with E-state index >= 15 is 0 Å². The number of benzene rings is 2. The van der Waals surface area contributed by atoms with Gasteiger partial charge in [0, 0.05) is 6.54 Å². The van der Waals surface area contributed by atoms with Gasteiger partial charge in [-0.15, -0.1) is 6.42 Å². The van der Waals surface area contributed by atoms with Crippen LogP contribution in [-0.4, -0.2) is 17.6 Å². The van der Waals surface area contributed by atoms with Crippen molar-refractivity contribution >= 4 is 32.7 Å². The Morgan fingerprint density at radius 3 is 2.71 bits per heavy atom. The van der Waals surface area contributed by atoms with E-state index < -0.39 is 0 Å². The first kappa shape index (κ1) is 16.0. The smallest absolute Gasteiger partial charge is 0.321 e. The standard InChI is InChI=1S/C18H14FN3OS/c1-3-11-9-13(12-5-7-14(19)8-6-12)10-15-16(11)21-18(24-15)22-17(23)20-4-2/h1,5-10H,4H2,2H3,(H2,20,21,22,23). The number of anilines is 1. The molecule has 2 aromatic carbocycles. The van der Waals surface area contributed by atoms with Crippen molar-refractivity contribution in [2.75, 3.05) is 11.9 Å². The quantitative estimate of drug-likeness (QED) is 0.702. The second kappa shape index (κ2) is 6.69. The maximum absolute atomic E-state index is 13.1. The van der Waals surface area contributed by atoms with Crippen molar-refractivity contribution in [3.05, 3.63) is 47.8 Å². The number of hydrogen-bond donors (Lipinski definition) is 2. The molecule has 0 saturated heterocycles. The molecule has 3 rings (SSSR count). The number of halogens is 1. The minimum atomic E-state index is -0.308. The molecule has 0 spiro atoms. The zero-order chi connectivity index (χ0) is 17.1. The average Bonchev–Trinajstić information content (AvgIpc) is 2.97. The molecule has 2 amide bonds. The van der Waals surface area contributed by atoms with Gasteiger partial charge in [-0.05, 0) is 42.3 Å². The number of carbonyl (C=O) groups is 1. The largest absolute Gasteiger partial charge is 0.338 e. The molecule has 0 unspecified atom stereocenters. The number of urea groups is 1. The molecule has 0 radical (unpaired) electrons. The number of fused-ring (bicyclic) bond motifs is 1. The summed E-state index contributed by atoms with van der Waals surface area (Å²) in [5, 5.41) is 5.82. The summed E-state index contributed by atoms with van der Waals surface area (Å²) in [6.45, 7) is 2.37. The van der Waals surface area contributed by atoms with E-state index in [0.717, 1.165) is 15.8 Å². The van der Waals surface area contributed by atoms with E-state index in [1.807, 2.05) is 19.1 Å². The van der Waals surface area contributed by atoms with E-state index in [2.05, 4.69) is 21.5 Å². The molecule has 120 valence electrons. The van der Waals surface area contributed by atoms with Gasteiger partial charge in [0.15, 0.2) is 5.13 Å². The fraction of sp³-hybridized carbons (Fsp3) is 0.111. The molecule has 24 heavy (non-hydrogen) atoms. The number of hydrogen-bond acceptors (Lipinski definition) is 3. The van der Waals surface area contributed by atoms with Crippen molar-refractivity contribution in [1.82, 2.24) is 10.3 Å². The van der Waals surface area contributed by atoms with Crippen LogP contribution in [0, 0.1) is 18.2 Å².